The van der Waals surface area contributed by atoms with E-state index < -0.39 is 0 Å². The Bertz CT molecular complexity index is 1220. The Hall–Kier alpha value is -3.52. The first-order valence-electron chi connectivity index (χ1n) is 9.93. The first-order chi connectivity index (χ1) is 14.2. The molecular formula is C27H26N2. The van der Waals surface area contributed by atoms with E-state index in [0.717, 1.165) is 38.7 Å². The molecule has 1 aromatic heterocycles. The van der Waals surface area contributed by atoms with Crippen LogP contribution in [0.25, 0.3) is 38.4 Å². The Kier molecular flexibility index (Phi) is 6.36. The van der Waals surface area contributed by atoms with Crippen LogP contribution >= 0.6 is 0 Å². The van der Waals surface area contributed by atoms with Crippen LogP contribution in [0.4, 0.5) is 0 Å². The van der Waals surface area contributed by atoms with Crippen molar-refractivity contribution in [3.8, 4) is 11.3 Å². The van der Waals surface area contributed by atoms with Crippen molar-refractivity contribution in [2.75, 3.05) is 0 Å². The minimum absolute atomic E-state index is 0.827. The Morgan fingerprint density at radius 3 is 2.38 bits per heavy atom. The molecule has 4 rings (SSSR count). The summed E-state index contributed by atoms with van der Waals surface area (Å²) in [6.07, 6.45) is 5.48. The molecule has 0 saturated carbocycles. The van der Waals surface area contributed by atoms with Gasteiger partial charge in [-0.25, -0.2) is 0 Å². The predicted octanol–water partition coefficient (Wildman–Crippen LogP) is 7.54. The highest BCUT2D eigenvalue weighted by molar-refractivity contribution is 6.15. The van der Waals surface area contributed by atoms with Gasteiger partial charge in [0.2, 0.25) is 0 Å². The molecule has 2 nitrogen and oxygen atoms in total. The Morgan fingerprint density at radius 2 is 1.66 bits per heavy atom. The molecule has 0 spiro atoms. The number of aryl methyl sites for hydroxylation is 1. The molecule has 0 atom stereocenters. The van der Waals surface area contributed by atoms with Gasteiger partial charge in [-0.1, -0.05) is 105 Å². The van der Waals surface area contributed by atoms with Gasteiger partial charge >= 0.3 is 0 Å². The molecule has 1 heterocycles. The van der Waals surface area contributed by atoms with E-state index in [1.807, 2.05) is 19.9 Å². The third-order valence-corrected chi connectivity index (χ3v) is 4.75. The lowest BCUT2D eigenvalue weighted by molar-refractivity contribution is 1.04. The number of nitrogens with zero attached hydrogens (tertiary/aromatic N) is 2. The number of hydrogen-bond donors (Lipinski definition) is 0. The van der Waals surface area contributed by atoms with Crippen molar-refractivity contribution >= 4 is 27.1 Å². The lowest BCUT2D eigenvalue weighted by atomic mass is 9.95. The summed E-state index contributed by atoms with van der Waals surface area (Å²) in [6.45, 7) is 13.9. The van der Waals surface area contributed by atoms with Crippen LogP contribution in [0.15, 0.2) is 92.0 Å². The van der Waals surface area contributed by atoms with Crippen molar-refractivity contribution < 1.29 is 0 Å². The van der Waals surface area contributed by atoms with Crippen LogP contribution < -0.4 is 0 Å². The second-order valence-electron chi connectivity index (χ2n) is 6.54. The zero-order valence-electron chi connectivity index (χ0n) is 17.3. The molecule has 2 heteroatoms. The summed E-state index contributed by atoms with van der Waals surface area (Å²) in [7, 11) is 0. The van der Waals surface area contributed by atoms with Crippen LogP contribution in [0.1, 0.15) is 25.1 Å². The van der Waals surface area contributed by atoms with E-state index in [4.69, 9.17) is 0 Å². The molecule has 0 unspecified atom stereocenters. The van der Waals surface area contributed by atoms with E-state index >= 15 is 0 Å². The molecule has 3 aromatic carbocycles. The second-order valence-corrected chi connectivity index (χ2v) is 6.54. The number of aromatic nitrogens is 2. The van der Waals surface area contributed by atoms with Crippen molar-refractivity contribution in [3.05, 3.63) is 103 Å². The van der Waals surface area contributed by atoms with E-state index in [0.29, 0.717) is 0 Å². The van der Waals surface area contributed by atoms with E-state index in [1.165, 1.54) is 10.9 Å². The Balaban J connectivity index is 0.00000117. The fourth-order valence-electron chi connectivity index (χ4n) is 3.51. The molecule has 0 N–H and O–H groups in total. The summed E-state index contributed by atoms with van der Waals surface area (Å²) in [5.41, 5.74) is 4.90. The number of hydrogen-bond acceptors (Lipinski definition) is 2. The molecule has 0 aliphatic rings. The maximum atomic E-state index is 4.62. The SMILES string of the molecule is C=C/C=C(\C=C)c1nnc(-c2cccc(C)c2)c2ccc3ccccc3c12.CC. The molecule has 0 amide bonds. The highest BCUT2D eigenvalue weighted by Crippen LogP contribution is 2.35. The number of fused-ring (bicyclic) bond motifs is 3. The van der Waals surface area contributed by atoms with Crippen molar-refractivity contribution in [1.82, 2.24) is 10.2 Å². The maximum Gasteiger partial charge on any atom is 0.101 e. The summed E-state index contributed by atoms with van der Waals surface area (Å²) >= 11 is 0. The third-order valence-electron chi connectivity index (χ3n) is 4.75. The van der Waals surface area contributed by atoms with Gasteiger partial charge in [0, 0.05) is 21.9 Å². The van der Waals surface area contributed by atoms with Crippen LogP contribution in [-0.2, 0) is 0 Å². The minimum Gasteiger partial charge on any atom is -0.149 e. The van der Waals surface area contributed by atoms with Crippen LogP contribution in [-0.4, -0.2) is 10.2 Å². The molecule has 0 saturated heterocycles. The van der Waals surface area contributed by atoms with Gasteiger partial charge in [0.1, 0.15) is 11.4 Å². The van der Waals surface area contributed by atoms with Gasteiger partial charge in [0.25, 0.3) is 0 Å². The van der Waals surface area contributed by atoms with Gasteiger partial charge in [-0.05, 0) is 23.8 Å². The standard InChI is InChI=1S/C25H20N2.C2H6/c1-4-9-18(5-2)25-23-21-13-7-6-11-19(21)14-15-22(23)24(26-27-25)20-12-8-10-17(3)16-20;1-2/h4-16H,1-2H2,3H3;1-2H3/b18-9+;. The molecule has 0 bridgehead atoms. The van der Waals surface area contributed by atoms with Gasteiger partial charge in [0.15, 0.2) is 0 Å². The quantitative estimate of drug-likeness (QED) is 0.271. The normalized spacial score (nSPS) is 11.1. The average molecular weight is 379 g/mol. The molecule has 29 heavy (non-hydrogen) atoms. The first-order valence-corrected chi connectivity index (χ1v) is 9.93. The van der Waals surface area contributed by atoms with Gasteiger partial charge < -0.3 is 0 Å². The lowest BCUT2D eigenvalue weighted by Crippen LogP contribution is -1.98. The number of rotatable bonds is 4. The van der Waals surface area contributed by atoms with Gasteiger partial charge in [-0.2, -0.15) is 0 Å². The number of benzene rings is 3. The summed E-state index contributed by atoms with van der Waals surface area (Å²) < 4.78 is 0. The van der Waals surface area contributed by atoms with Gasteiger partial charge in [-0.15, -0.1) is 10.2 Å². The van der Waals surface area contributed by atoms with Crippen molar-refractivity contribution in [2.24, 2.45) is 0 Å². The highest BCUT2D eigenvalue weighted by atomic mass is 15.1. The number of allylic oxidation sites excluding steroid dienone is 4. The van der Waals surface area contributed by atoms with Crippen molar-refractivity contribution in [2.45, 2.75) is 20.8 Å². The van der Waals surface area contributed by atoms with E-state index in [-0.39, 0.29) is 0 Å². The summed E-state index contributed by atoms with van der Waals surface area (Å²) in [5, 5.41) is 13.7. The Morgan fingerprint density at radius 1 is 0.862 bits per heavy atom. The van der Waals surface area contributed by atoms with E-state index in [1.54, 1.807) is 12.2 Å². The molecule has 0 aliphatic heterocycles. The van der Waals surface area contributed by atoms with Crippen LogP contribution in [0.3, 0.4) is 0 Å². The minimum atomic E-state index is 0.827. The van der Waals surface area contributed by atoms with Crippen LogP contribution in [0, 0.1) is 6.92 Å². The van der Waals surface area contributed by atoms with Gasteiger partial charge in [0.05, 0.1) is 0 Å². The molecule has 4 aromatic rings. The summed E-state index contributed by atoms with van der Waals surface area (Å²) in [5.74, 6) is 0. The maximum absolute atomic E-state index is 4.62. The summed E-state index contributed by atoms with van der Waals surface area (Å²) in [6, 6.07) is 21.0. The second kappa shape index (κ2) is 9.11. The largest absolute Gasteiger partial charge is 0.149 e. The third kappa shape index (κ3) is 3.88. The average Bonchev–Trinajstić information content (AvgIpc) is 2.78. The smallest absolute Gasteiger partial charge is 0.101 e. The van der Waals surface area contributed by atoms with Crippen molar-refractivity contribution in [1.29, 1.82) is 0 Å². The first kappa shape index (κ1) is 20.2. The molecule has 144 valence electrons. The van der Waals surface area contributed by atoms with Crippen LogP contribution in [0.2, 0.25) is 0 Å². The van der Waals surface area contributed by atoms with E-state index in [9.17, 15) is 0 Å². The Labute approximate surface area is 172 Å². The van der Waals surface area contributed by atoms with Gasteiger partial charge in [-0.3, -0.25) is 0 Å². The molecule has 0 radical (unpaired) electrons. The van der Waals surface area contributed by atoms with Crippen molar-refractivity contribution in [3.63, 3.8) is 0 Å². The monoisotopic (exact) mass is 378 g/mol. The zero-order chi connectivity index (χ0) is 20.8. The predicted molar refractivity (Wildman–Crippen MR) is 127 cm³/mol. The van der Waals surface area contributed by atoms with Crippen LogP contribution in [0.5, 0.6) is 0 Å². The van der Waals surface area contributed by atoms with E-state index in [2.05, 4.69) is 90.9 Å². The fourth-order valence-corrected chi connectivity index (χ4v) is 3.51. The highest BCUT2D eigenvalue weighted by Gasteiger charge is 2.15. The fraction of sp³-hybridized carbons (Fsp3) is 0.111. The molecule has 0 aliphatic carbocycles. The molecule has 0 fully saturated rings. The lowest BCUT2D eigenvalue weighted by Gasteiger charge is -2.13. The molecular weight excluding hydrogens is 352 g/mol. The topological polar surface area (TPSA) is 25.8 Å². The zero-order valence-corrected chi connectivity index (χ0v) is 17.3. The summed E-state index contributed by atoms with van der Waals surface area (Å²) in [4.78, 5) is 0.